The van der Waals surface area contributed by atoms with E-state index in [2.05, 4.69) is 30.0 Å². The van der Waals surface area contributed by atoms with Gasteiger partial charge < -0.3 is 0 Å². The Morgan fingerprint density at radius 3 is 2.50 bits per heavy atom. The van der Waals surface area contributed by atoms with Crippen LogP contribution in [-0.2, 0) is 0 Å². The van der Waals surface area contributed by atoms with E-state index in [1.54, 1.807) is 0 Å². The zero-order chi connectivity index (χ0) is 10.3. The van der Waals surface area contributed by atoms with E-state index in [4.69, 9.17) is 0 Å². The maximum Gasteiger partial charge on any atom is -0.0119 e. The predicted octanol–water partition coefficient (Wildman–Crippen LogP) is 4.10. The van der Waals surface area contributed by atoms with Crippen LogP contribution in [0.25, 0.3) is 0 Å². The Morgan fingerprint density at radius 2 is 2.07 bits per heavy atom. The van der Waals surface area contributed by atoms with Crippen LogP contribution in [0.4, 0.5) is 0 Å². The molecule has 0 radical (unpaired) electrons. The minimum atomic E-state index is 0.607. The van der Waals surface area contributed by atoms with Gasteiger partial charge in [0.25, 0.3) is 0 Å². The lowest BCUT2D eigenvalue weighted by molar-refractivity contribution is 0.0244. The average molecular weight is 212 g/mol. The van der Waals surface area contributed by atoms with Crippen LogP contribution >= 0.6 is 9.24 Å². The number of hydrogen-bond donors (Lipinski definition) is 0. The molecule has 82 valence electrons. The first kappa shape index (κ1) is 10.9. The summed E-state index contributed by atoms with van der Waals surface area (Å²) in [6, 6.07) is 0. The highest BCUT2D eigenvalue weighted by atomic mass is 31.0. The van der Waals surface area contributed by atoms with Crippen molar-refractivity contribution in [3.05, 3.63) is 0 Å². The summed E-state index contributed by atoms with van der Waals surface area (Å²) in [5, 5.41) is 0.607. The number of hydrogen-bond acceptors (Lipinski definition) is 0. The quantitative estimate of drug-likeness (QED) is 0.604. The maximum absolute atomic E-state index is 3.22. The summed E-state index contributed by atoms with van der Waals surface area (Å²) in [4.78, 5) is 0. The molecule has 5 unspecified atom stereocenters. The molecule has 0 saturated heterocycles. The first-order valence-electron chi connectivity index (χ1n) is 6.35. The predicted molar refractivity (Wildman–Crippen MR) is 66.5 cm³/mol. The lowest BCUT2D eigenvalue weighted by Crippen LogP contribution is -2.49. The summed E-state index contributed by atoms with van der Waals surface area (Å²) in [6.07, 6.45) is 7.38. The first-order valence-corrected chi connectivity index (χ1v) is 6.93. The van der Waals surface area contributed by atoms with Gasteiger partial charge in [0.05, 0.1) is 0 Å². The molecular weight excluding hydrogens is 187 g/mol. The molecule has 0 bridgehead atoms. The van der Waals surface area contributed by atoms with Gasteiger partial charge in [-0.15, -0.1) is 9.24 Å². The van der Waals surface area contributed by atoms with Crippen LogP contribution < -0.4 is 0 Å². The third-order valence-corrected chi connectivity index (χ3v) is 6.08. The molecule has 0 N–H and O–H groups in total. The van der Waals surface area contributed by atoms with E-state index in [0.717, 1.165) is 23.7 Å². The van der Waals surface area contributed by atoms with Crippen LogP contribution in [-0.4, -0.2) is 5.16 Å². The molecule has 2 aliphatic rings. The zero-order valence-corrected chi connectivity index (χ0v) is 11.1. The molecule has 0 amide bonds. The SMILES string of the molecule is CCC1(P)CC(C(C)C)CC2CCC21. The lowest BCUT2D eigenvalue weighted by atomic mass is 9.55. The van der Waals surface area contributed by atoms with E-state index < -0.39 is 0 Å². The Hall–Kier alpha value is 0.430. The van der Waals surface area contributed by atoms with Gasteiger partial charge in [-0.3, -0.25) is 0 Å². The largest absolute Gasteiger partial charge is 0.131 e. The van der Waals surface area contributed by atoms with Crippen LogP contribution in [0.1, 0.15) is 52.9 Å². The summed E-state index contributed by atoms with van der Waals surface area (Å²) in [6.45, 7) is 7.19. The molecule has 0 heterocycles. The van der Waals surface area contributed by atoms with Gasteiger partial charge in [0, 0.05) is 0 Å². The maximum atomic E-state index is 3.22. The molecule has 0 aromatic heterocycles. The standard InChI is InChI=1S/C13H25P/c1-4-13(14)8-11(9(2)3)7-10-5-6-12(10)13/h9-12H,4-8,14H2,1-3H3. The summed E-state index contributed by atoms with van der Waals surface area (Å²) in [5.41, 5.74) is 0. The van der Waals surface area contributed by atoms with Crippen molar-refractivity contribution in [2.24, 2.45) is 23.7 Å². The van der Waals surface area contributed by atoms with Crippen molar-refractivity contribution < 1.29 is 0 Å². The highest BCUT2D eigenvalue weighted by molar-refractivity contribution is 7.19. The molecule has 14 heavy (non-hydrogen) atoms. The third-order valence-electron chi connectivity index (χ3n) is 5.00. The first-order chi connectivity index (χ1) is 6.57. The van der Waals surface area contributed by atoms with E-state index in [0.29, 0.717) is 5.16 Å². The Morgan fingerprint density at radius 1 is 1.36 bits per heavy atom. The van der Waals surface area contributed by atoms with Crippen molar-refractivity contribution in [2.75, 3.05) is 0 Å². The lowest BCUT2D eigenvalue weighted by Gasteiger charge is -2.55. The highest BCUT2D eigenvalue weighted by Gasteiger charge is 2.49. The molecule has 2 saturated carbocycles. The summed E-state index contributed by atoms with van der Waals surface area (Å²) < 4.78 is 0. The van der Waals surface area contributed by atoms with Crippen molar-refractivity contribution in [1.29, 1.82) is 0 Å². The number of rotatable bonds is 2. The second kappa shape index (κ2) is 3.78. The van der Waals surface area contributed by atoms with Gasteiger partial charge >= 0.3 is 0 Å². The number of fused-ring (bicyclic) bond motifs is 1. The minimum absolute atomic E-state index is 0.607. The van der Waals surface area contributed by atoms with Crippen LogP contribution in [0.5, 0.6) is 0 Å². The van der Waals surface area contributed by atoms with Crippen molar-refractivity contribution in [1.82, 2.24) is 0 Å². The van der Waals surface area contributed by atoms with Gasteiger partial charge in [0.1, 0.15) is 0 Å². The van der Waals surface area contributed by atoms with Crippen LogP contribution in [0.15, 0.2) is 0 Å². The molecule has 5 atom stereocenters. The summed E-state index contributed by atoms with van der Waals surface area (Å²) in [5.74, 6) is 4.01. The third kappa shape index (κ3) is 1.64. The monoisotopic (exact) mass is 212 g/mol. The van der Waals surface area contributed by atoms with Crippen molar-refractivity contribution in [2.45, 2.75) is 58.0 Å². The normalized spacial score (nSPS) is 47.4. The Kier molecular flexibility index (Phi) is 2.95. The minimum Gasteiger partial charge on any atom is -0.131 e. The second-order valence-electron chi connectivity index (χ2n) is 5.97. The van der Waals surface area contributed by atoms with E-state index in [1.165, 1.54) is 32.1 Å². The van der Waals surface area contributed by atoms with Gasteiger partial charge in [-0.2, -0.15) is 0 Å². The molecule has 1 heteroatoms. The summed E-state index contributed by atoms with van der Waals surface area (Å²) >= 11 is 0. The van der Waals surface area contributed by atoms with Crippen LogP contribution in [0, 0.1) is 23.7 Å². The molecular formula is C13H25P. The molecule has 0 aliphatic heterocycles. The van der Waals surface area contributed by atoms with Gasteiger partial charge in [-0.25, -0.2) is 0 Å². The van der Waals surface area contributed by atoms with Gasteiger partial charge in [0.15, 0.2) is 0 Å². The topological polar surface area (TPSA) is 0 Å². The Balaban J connectivity index is 2.10. The van der Waals surface area contributed by atoms with Crippen molar-refractivity contribution >= 4 is 9.24 Å². The van der Waals surface area contributed by atoms with Gasteiger partial charge in [0.2, 0.25) is 0 Å². The fourth-order valence-corrected chi connectivity index (χ4v) is 4.38. The van der Waals surface area contributed by atoms with E-state index in [9.17, 15) is 0 Å². The van der Waals surface area contributed by atoms with Gasteiger partial charge in [-0.05, 0) is 60.9 Å². The fraction of sp³-hybridized carbons (Fsp3) is 1.00. The van der Waals surface area contributed by atoms with Crippen LogP contribution in [0.3, 0.4) is 0 Å². The Labute approximate surface area is 91.4 Å². The van der Waals surface area contributed by atoms with Gasteiger partial charge in [-0.1, -0.05) is 20.8 Å². The molecule has 2 rings (SSSR count). The molecule has 0 aromatic carbocycles. The Bertz CT molecular complexity index is 211. The average Bonchev–Trinajstić information content (AvgIpc) is 2.08. The van der Waals surface area contributed by atoms with Crippen LogP contribution in [0.2, 0.25) is 0 Å². The zero-order valence-electron chi connectivity index (χ0n) is 9.92. The molecule has 0 spiro atoms. The highest BCUT2D eigenvalue weighted by Crippen LogP contribution is 2.58. The van der Waals surface area contributed by atoms with E-state index in [1.807, 2.05) is 0 Å². The molecule has 0 nitrogen and oxygen atoms in total. The molecule has 2 aliphatic carbocycles. The smallest absolute Gasteiger partial charge is 0.0119 e. The van der Waals surface area contributed by atoms with Crippen molar-refractivity contribution in [3.63, 3.8) is 0 Å². The second-order valence-corrected chi connectivity index (χ2v) is 7.12. The van der Waals surface area contributed by atoms with Crippen molar-refractivity contribution in [3.8, 4) is 0 Å². The summed E-state index contributed by atoms with van der Waals surface area (Å²) in [7, 11) is 3.22. The molecule has 0 aromatic rings. The van der Waals surface area contributed by atoms with E-state index in [-0.39, 0.29) is 0 Å². The molecule has 2 fully saturated rings. The van der Waals surface area contributed by atoms with E-state index >= 15 is 0 Å². The fourth-order valence-electron chi connectivity index (χ4n) is 3.63.